The van der Waals surface area contributed by atoms with Gasteiger partial charge in [-0.2, -0.15) is 0 Å². The molecule has 7 heteroatoms. The molecule has 1 amide bonds. The van der Waals surface area contributed by atoms with Crippen LogP contribution in [0.4, 0.5) is 5.82 Å². The number of anilines is 1. The van der Waals surface area contributed by atoms with Crippen LogP contribution in [0.3, 0.4) is 0 Å². The highest BCUT2D eigenvalue weighted by molar-refractivity contribution is 6.18. The van der Waals surface area contributed by atoms with Gasteiger partial charge in [-0.3, -0.25) is 9.59 Å². The fourth-order valence-corrected chi connectivity index (χ4v) is 4.85. The standard InChI is InChI=1S/C28H29N5O2/c1-17-6-5-8-19(14-17)28(35)33-21-12-10-20(11-13-21)32-27-24-23(15-29-26(24)30-16-31-27)25(34)22-9-4-3-7-18(22)2/h3-9,14-16,20-21H,10-13H2,1-2H3,(H,33,35)(H2,29,30,31,32). The Morgan fingerprint density at radius 2 is 1.69 bits per heavy atom. The van der Waals surface area contributed by atoms with E-state index in [1.165, 1.54) is 6.33 Å². The maximum absolute atomic E-state index is 13.3. The molecule has 2 heterocycles. The van der Waals surface area contributed by atoms with Crippen LogP contribution in [-0.4, -0.2) is 38.7 Å². The zero-order valence-corrected chi connectivity index (χ0v) is 20.0. The summed E-state index contributed by atoms with van der Waals surface area (Å²) in [6, 6.07) is 15.6. The minimum absolute atomic E-state index is 0.0192. The summed E-state index contributed by atoms with van der Waals surface area (Å²) in [6.07, 6.45) is 6.79. The van der Waals surface area contributed by atoms with Gasteiger partial charge in [-0.05, 0) is 57.2 Å². The number of hydrogen-bond acceptors (Lipinski definition) is 5. The van der Waals surface area contributed by atoms with E-state index in [1.54, 1.807) is 6.20 Å². The lowest BCUT2D eigenvalue weighted by molar-refractivity contribution is 0.0926. The van der Waals surface area contributed by atoms with Gasteiger partial charge in [-0.25, -0.2) is 9.97 Å². The molecular weight excluding hydrogens is 438 g/mol. The Morgan fingerprint density at radius 3 is 2.46 bits per heavy atom. The van der Waals surface area contributed by atoms with E-state index in [1.807, 2.05) is 62.4 Å². The number of carbonyl (C=O) groups is 2. The molecule has 1 saturated carbocycles. The van der Waals surface area contributed by atoms with E-state index in [0.717, 1.165) is 42.2 Å². The van der Waals surface area contributed by atoms with Crippen molar-refractivity contribution in [1.82, 2.24) is 20.3 Å². The average Bonchev–Trinajstić information content (AvgIpc) is 3.30. The van der Waals surface area contributed by atoms with Crippen molar-refractivity contribution in [3.8, 4) is 0 Å². The number of H-pyrrole nitrogens is 1. The third-order valence-electron chi connectivity index (χ3n) is 6.79. The molecule has 0 bridgehead atoms. The lowest BCUT2D eigenvalue weighted by atomic mass is 9.90. The maximum Gasteiger partial charge on any atom is 0.251 e. The summed E-state index contributed by atoms with van der Waals surface area (Å²) in [5, 5.41) is 7.44. The number of hydrogen-bond donors (Lipinski definition) is 3. The number of carbonyl (C=O) groups excluding carboxylic acids is 2. The summed E-state index contributed by atoms with van der Waals surface area (Å²) >= 11 is 0. The normalized spacial score (nSPS) is 17.8. The van der Waals surface area contributed by atoms with Crippen LogP contribution < -0.4 is 10.6 Å². The minimum atomic E-state index is -0.0465. The van der Waals surface area contributed by atoms with Crippen molar-refractivity contribution in [3.05, 3.63) is 88.9 Å². The number of aryl methyl sites for hydroxylation is 2. The second-order valence-electron chi connectivity index (χ2n) is 9.33. The van der Waals surface area contributed by atoms with E-state index >= 15 is 0 Å². The molecule has 5 rings (SSSR count). The number of ketones is 1. The van der Waals surface area contributed by atoms with Crippen LogP contribution in [0.15, 0.2) is 61.1 Å². The number of nitrogens with zero attached hydrogens (tertiary/aromatic N) is 2. The first-order valence-corrected chi connectivity index (χ1v) is 12.1. The van der Waals surface area contributed by atoms with Crippen LogP contribution in [0.2, 0.25) is 0 Å². The molecule has 35 heavy (non-hydrogen) atoms. The van der Waals surface area contributed by atoms with Gasteiger partial charge in [0.1, 0.15) is 17.8 Å². The number of benzene rings is 2. The van der Waals surface area contributed by atoms with Gasteiger partial charge in [0.15, 0.2) is 5.78 Å². The van der Waals surface area contributed by atoms with Crippen molar-refractivity contribution in [1.29, 1.82) is 0 Å². The molecule has 0 radical (unpaired) electrons. The monoisotopic (exact) mass is 467 g/mol. The Bertz CT molecular complexity index is 1390. The van der Waals surface area contributed by atoms with E-state index in [2.05, 4.69) is 25.6 Å². The first-order chi connectivity index (χ1) is 17.0. The minimum Gasteiger partial charge on any atom is -0.367 e. The van der Waals surface area contributed by atoms with Crippen LogP contribution >= 0.6 is 0 Å². The molecule has 178 valence electrons. The van der Waals surface area contributed by atoms with Gasteiger partial charge in [0.05, 0.1) is 10.9 Å². The summed E-state index contributed by atoms with van der Waals surface area (Å²) in [4.78, 5) is 37.9. The quantitative estimate of drug-likeness (QED) is 0.348. The van der Waals surface area contributed by atoms with E-state index in [0.29, 0.717) is 28.2 Å². The topological polar surface area (TPSA) is 99.8 Å². The Hall–Kier alpha value is -4.00. The molecule has 0 spiro atoms. The molecule has 7 nitrogen and oxygen atoms in total. The second kappa shape index (κ2) is 9.70. The van der Waals surface area contributed by atoms with Gasteiger partial charge < -0.3 is 15.6 Å². The molecule has 0 unspecified atom stereocenters. The zero-order valence-electron chi connectivity index (χ0n) is 20.0. The molecule has 0 saturated heterocycles. The molecular formula is C28H29N5O2. The summed E-state index contributed by atoms with van der Waals surface area (Å²) in [6.45, 7) is 3.93. The maximum atomic E-state index is 13.3. The van der Waals surface area contributed by atoms with Crippen molar-refractivity contribution in [2.24, 2.45) is 0 Å². The van der Waals surface area contributed by atoms with Gasteiger partial charge in [0.2, 0.25) is 0 Å². The van der Waals surface area contributed by atoms with E-state index < -0.39 is 0 Å². The fourth-order valence-electron chi connectivity index (χ4n) is 4.85. The smallest absolute Gasteiger partial charge is 0.251 e. The van der Waals surface area contributed by atoms with Crippen molar-refractivity contribution < 1.29 is 9.59 Å². The van der Waals surface area contributed by atoms with Crippen LogP contribution in [-0.2, 0) is 0 Å². The Morgan fingerprint density at radius 1 is 0.914 bits per heavy atom. The number of aromatic nitrogens is 3. The van der Waals surface area contributed by atoms with Crippen molar-refractivity contribution in [2.45, 2.75) is 51.6 Å². The summed E-state index contributed by atoms with van der Waals surface area (Å²) in [5.41, 5.74) is 4.59. The molecule has 3 N–H and O–H groups in total. The van der Waals surface area contributed by atoms with E-state index in [-0.39, 0.29) is 23.8 Å². The van der Waals surface area contributed by atoms with Crippen LogP contribution in [0.25, 0.3) is 11.0 Å². The van der Waals surface area contributed by atoms with Crippen molar-refractivity contribution in [3.63, 3.8) is 0 Å². The third kappa shape index (κ3) is 4.80. The molecule has 0 atom stereocenters. The average molecular weight is 468 g/mol. The molecule has 4 aromatic rings. The van der Waals surface area contributed by atoms with Gasteiger partial charge in [-0.15, -0.1) is 0 Å². The summed E-state index contributed by atoms with van der Waals surface area (Å²) in [7, 11) is 0. The Labute approximate surface area is 204 Å². The fraction of sp³-hybridized carbons (Fsp3) is 0.286. The number of nitrogens with one attached hydrogen (secondary N) is 3. The highest BCUT2D eigenvalue weighted by Gasteiger charge is 2.25. The number of amides is 1. The van der Waals surface area contributed by atoms with Gasteiger partial charge in [-0.1, -0.05) is 42.0 Å². The predicted octanol–water partition coefficient (Wildman–Crippen LogP) is 4.96. The SMILES string of the molecule is Cc1cccc(C(=O)NC2CCC(Nc3ncnc4[nH]cc(C(=O)c5ccccc5C)c34)CC2)c1. The lowest BCUT2D eigenvalue weighted by Gasteiger charge is -2.30. The largest absolute Gasteiger partial charge is 0.367 e. The number of fused-ring (bicyclic) bond motifs is 1. The first-order valence-electron chi connectivity index (χ1n) is 12.1. The lowest BCUT2D eigenvalue weighted by Crippen LogP contribution is -2.40. The highest BCUT2D eigenvalue weighted by Crippen LogP contribution is 2.29. The van der Waals surface area contributed by atoms with Crippen LogP contribution in [0.5, 0.6) is 0 Å². The van der Waals surface area contributed by atoms with E-state index in [4.69, 9.17) is 0 Å². The number of aromatic amines is 1. The summed E-state index contributed by atoms with van der Waals surface area (Å²) < 4.78 is 0. The molecule has 1 aliphatic carbocycles. The second-order valence-corrected chi connectivity index (χ2v) is 9.33. The predicted molar refractivity (Wildman–Crippen MR) is 137 cm³/mol. The molecule has 1 fully saturated rings. The van der Waals surface area contributed by atoms with Gasteiger partial charge in [0.25, 0.3) is 5.91 Å². The highest BCUT2D eigenvalue weighted by atomic mass is 16.1. The third-order valence-corrected chi connectivity index (χ3v) is 6.79. The Kier molecular flexibility index (Phi) is 6.31. The van der Waals surface area contributed by atoms with E-state index in [9.17, 15) is 9.59 Å². The van der Waals surface area contributed by atoms with Crippen molar-refractivity contribution >= 4 is 28.5 Å². The molecule has 2 aromatic heterocycles. The van der Waals surface area contributed by atoms with Crippen LogP contribution in [0, 0.1) is 13.8 Å². The number of rotatable bonds is 6. The van der Waals surface area contributed by atoms with Gasteiger partial charge in [0, 0.05) is 29.4 Å². The molecule has 1 aliphatic rings. The molecule has 2 aromatic carbocycles. The Balaban J connectivity index is 1.28. The zero-order chi connectivity index (χ0) is 24.4. The summed E-state index contributed by atoms with van der Waals surface area (Å²) in [5.74, 6) is 0.601. The first kappa shape index (κ1) is 22.8. The molecule has 0 aliphatic heterocycles. The van der Waals surface area contributed by atoms with Gasteiger partial charge >= 0.3 is 0 Å². The van der Waals surface area contributed by atoms with Crippen molar-refractivity contribution in [2.75, 3.05) is 5.32 Å². The van der Waals surface area contributed by atoms with Crippen LogP contribution in [0.1, 0.15) is 63.1 Å².